The van der Waals surface area contributed by atoms with E-state index in [4.69, 9.17) is 0 Å². The molecule has 4 aromatic rings. The molecule has 0 aliphatic carbocycles. The molecule has 4 rings (SSSR count). The first-order chi connectivity index (χ1) is 12.1. The minimum atomic E-state index is 0.125. The summed E-state index contributed by atoms with van der Waals surface area (Å²) >= 11 is 0. The standard InChI is InChI=1S/C21H17N3O/c1-14-12-17(15(2)16-8-4-3-5-9-16)21(25)20(13-14)24-22-18-10-6-7-11-19(18)23-24/h3-13,25H,2H2,1H3. The van der Waals surface area contributed by atoms with Crippen LogP contribution < -0.4 is 0 Å². The third kappa shape index (κ3) is 2.68. The number of fused-ring (bicyclic) bond motifs is 1. The van der Waals surface area contributed by atoms with Gasteiger partial charge in [0.2, 0.25) is 0 Å². The molecule has 25 heavy (non-hydrogen) atoms. The summed E-state index contributed by atoms with van der Waals surface area (Å²) < 4.78 is 0. The van der Waals surface area contributed by atoms with E-state index >= 15 is 0 Å². The Morgan fingerprint density at radius 2 is 1.52 bits per heavy atom. The molecule has 0 radical (unpaired) electrons. The zero-order valence-electron chi connectivity index (χ0n) is 13.8. The monoisotopic (exact) mass is 327 g/mol. The van der Waals surface area contributed by atoms with E-state index in [9.17, 15) is 5.11 Å². The molecule has 1 heterocycles. The van der Waals surface area contributed by atoms with E-state index < -0.39 is 0 Å². The van der Waals surface area contributed by atoms with Crippen LogP contribution in [0, 0.1) is 6.92 Å². The van der Waals surface area contributed by atoms with E-state index in [2.05, 4.69) is 16.8 Å². The Balaban J connectivity index is 1.87. The topological polar surface area (TPSA) is 50.9 Å². The Kier molecular flexibility index (Phi) is 3.58. The molecule has 0 spiro atoms. The molecule has 0 unspecified atom stereocenters. The van der Waals surface area contributed by atoms with E-state index in [1.165, 1.54) is 4.80 Å². The predicted molar refractivity (Wildman–Crippen MR) is 99.8 cm³/mol. The smallest absolute Gasteiger partial charge is 0.150 e. The van der Waals surface area contributed by atoms with E-state index in [-0.39, 0.29) is 5.75 Å². The van der Waals surface area contributed by atoms with E-state index in [0.717, 1.165) is 27.7 Å². The van der Waals surface area contributed by atoms with Gasteiger partial charge in [-0.3, -0.25) is 0 Å². The highest BCUT2D eigenvalue weighted by atomic mass is 16.3. The highest BCUT2D eigenvalue weighted by molar-refractivity contribution is 5.83. The van der Waals surface area contributed by atoms with Crippen molar-refractivity contribution in [3.8, 4) is 11.4 Å². The first kappa shape index (κ1) is 15.1. The van der Waals surface area contributed by atoms with Crippen LogP contribution in [-0.4, -0.2) is 20.1 Å². The van der Waals surface area contributed by atoms with Crippen LogP contribution in [0.25, 0.3) is 22.3 Å². The third-order valence-electron chi connectivity index (χ3n) is 4.18. The van der Waals surface area contributed by atoms with Gasteiger partial charge in [-0.25, -0.2) is 0 Å². The maximum Gasteiger partial charge on any atom is 0.150 e. The fourth-order valence-corrected chi connectivity index (χ4v) is 2.90. The van der Waals surface area contributed by atoms with Crippen molar-refractivity contribution in [1.82, 2.24) is 15.0 Å². The van der Waals surface area contributed by atoms with Crippen LogP contribution in [0.2, 0.25) is 0 Å². The highest BCUT2D eigenvalue weighted by Gasteiger charge is 2.16. The van der Waals surface area contributed by atoms with Crippen LogP contribution >= 0.6 is 0 Å². The average Bonchev–Trinajstić information content (AvgIpc) is 3.07. The summed E-state index contributed by atoms with van der Waals surface area (Å²) in [7, 11) is 0. The Hall–Kier alpha value is -3.40. The number of benzene rings is 3. The minimum absolute atomic E-state index is 0.125. The van der Waals surface area contributed by atoms with Crippen LogP contribution in [0.5, 0.6) is 5.75 Å². The van der Waals surface area contributed by atoms with Crippen LogP contribution in [0.1, 0.15) is 16.7 Å². The molecule has 0 fully saturated rings. The molecule has 0 bridgehead atoms. The molecule has 4 nitrogen and oxygen atoms in total. The zero-order valence-corrected chi connectivity index (χ0v) is 13.8. The Morgan fingerprint density at radius 3 is 2.16 bits per heavy atom. The summed E-state index contributed by atoms with van der Waals surface area (Å²) in [4.78, 5) is 1.48. The Labute approximate surface area is 145 Å². The molecule has 1 aromatic heterocycles. The van der Waals surface area contributed by atoms with Gasteiger partial charge in [0, 0.05) is 5.56 Å². The highest BCUT2D eigenvalue weighted by Crippen LogP contribution is 2.34. The minimum Gasteiger partial charge on any atom is -0.505 e. The van der Waals surface area contributed by atoms with Crippen molar-refractivity contribution in [2.45, 2.75) is 6.92 Å². The molecular weight excluding hydrogens is 310 g/mol. The fourth-order valence-electron chi connectivity index (χ4n) is 2.90. The largest absolute Gasteiger partial charge is 0.505 e. The van der Waals surface area contributed by atoms with Gasteiger partial charge < -0.3 is 5.11 Å². The van der Waals surface area contributed by atoms with Gasteiger partial charge in [-0.05, 0) is 47.9 Å². The second-order valence-corrected chi connectivity index (χ2v) is 6.00. The third-order valence-corrected chi connectivity index (χ3v) is 4.18. The van der Waals surface area contributed by atoms with Crippen LogP contribution in [0.15, 0.2) is 73.3 Å². The number of aromatic hydroxyl groups is 1. The summed E-state index contributed by atoms with van der Waals surface area (Å²) in [5, 5.41) is 19.8. The number of hydrogen-bond acceptors (Lipinski definition) is 3. The summed E-state index contributed by atoms with van der Waals surface area (Å²) in [5.74, 6) is 0.125. The quantitative estimate of drug-likeness (QED) is 0.603. The lowest BCUT2D eigenvalue weighted by atomic mass is 9.96. The van der Waals surface area contributed by atoms with Crippen molar-refractivity contribution in [2.24, 2.45) is 0 Å². The van der Waals surface area contributed by atoms with Gasteiger partial charge in [0.05, 0.1) is 0 Å². The molecule has 1 N–H and O–H groups in total. The number of nitrogens with zero attached hydrogens (tertiary/aromatic N) is 3. The SMILES string of the molecule is C=C(c1ccccc1)c1cc(C)cc(-n2nc3ccccc3n2)c1O. The van der Waals surface area contributed by atoms with E-state index in [1.54, 1.807) is 0 Å². The number of phenolic OH excluding ortho intramolecular Hbond substituents is 1. The van der Waals surface area contributed by atoms with E-state index in [0.29, 0.717) is 11.3 Å². The molecule has 0 saturated carbocycles. The van der Waals surface area contributed by atoms with Gasteiger partial charge in [0.25, 0.3) is 0 Å². The lowest BCUT2D eigenvalue weighted by Crippen LogP contribution is -2.02. The summed E-state index contributed by atoms with van der Waals surface area (Å²) in [6.45, 7) is 6.14. The molecule has 0 aliphatic heterocycles. The summed E-state index contributed by atoms with van der Waals surface area (Å²) in [6, 6.07) is 21.2. The van der Waals surface area contributed by atoms with Crippen LogP contribution in [-0.2, 0) is 0 Å². The molecule has 0 saturated heterocycles. The number of aryl methyl sites for hydroxylation is 1. The second-order valence-electron chi connectivity index (χ2n) is 6.00. The van der Waals surface area contributed by atoms with Gasteiger partial charge >= 0.3 is 0 Å². The average molecular weight is 327 g/mol. The Bertz CT molecular complexity index is 1050. The normalized spacial score (nSPS) is 10.9. The molecular formula is C21H17N3O. The van der Waals surface area contributed by atoms with Gasteiger partial charge in [0.1, 0.15) is 16.7 Å². The van der Waals surface area contributed by atoms with E-state index in [1.807, 2.05) is 73.7 Å². The number of phenols is 1. The maximum absolute atomic E-state index is 10.9. The zero-order chi connectivity index (χ0) is 17.4. The first-order valence-electron chi connectivity index (χ1n) is 8.04. The molecule has 4 heteroatoms. The van der Waals surface area contributed by atoms with Crippen molar-refractivity contribution in [3.63, 3.8) is 0 Å². The molecule has 0 atom stereocenters. The van der Waals surface area contributed by atoms with Gasteiger partial charge in [0.15, 0.2) is 5.75 Å². The van der Waals surface area contributed by atoms with Crippen LogP contribution in [0.3, 0.4) is 0 Å². The van der Waals surface area contributed by atoms with Crippen molar-refractivity contribution in [3.05, 3.63) is 90.0 Å². The summed E-state index contributed by atoms with van der Waals surface area (Å²) in [6.07, 6.45) is 0. The number of aromatic nitrogens is 3. The molecule has 122 valence electrons. The first-order valence-corrected chi connectivity index (χ1v) is 8.04. The second kappa shape index (κ2) is 5.91. The van der Waals surface area contributed by atoms with Gasteiger partial charge in [-0.15, -0.1) is 15.0 Å². The molecule has 0 amide bonds. The molecule has 3 aromatic carbocycles. The Morgan fingerprint density at radius 1 is 0.920 bits per heavy atom. The number of rotatable bonds is 3. The van der Waals surface area contributed by atoms with Crippen molar-refractivity contribution in [2.75, 3.05) is 0 Å². The lowest BCUT2D eigenvalue weighted by molar-refractivity contribution is 0.466. The predicted octanol–water partition coefficient (Wildman–Crippen LogP) is 4.50. The molecule has 0 aliphatic rings. The fraction of sp³-hybridized carbons (Fsp3) is 0.0476. The van der Waals surface area contributed by atoms with Gasteiger partial charge in [-0.2, -0.15) is 0 Å². The van der Waals surface area contributed by atoms with Crippen molar-refractivity contribution >= 4 is 16.6 Å². The maximum atomic E-state index is 10.9. The van der Waals surface area contributed by atoms with Crippen LogP contribution in [0.4, 0.5) is 0 Å². The van der Waals surface area contributed by atoms with Gasteiger partial charge in [-0.1, -0.05) is 49.0 Å². The lowest BCUT2D eigenvalue weighted by Gasteiger charge is -2.13. The summed E-state index contributed by atoms with van der Waals surface area (Å²) in [5.41, 5.74) is 5.53. The van der Waals surface area contributed by atoms with Crippen molar-refractivity contribution < 1.29 is 5.11 Å². The number of hydrogen-bond donors (Lipinski definition) is 1. The van der Waals surface area contributed by atoms with Crippen molar-refractivity contribution in [1.29, 1.82) is 0 Å².